The van der Waals surface area contributed by atoms with Crippen molar-refractivity contribution < 1.29 is 47.8 Å². The maximum atomic E-state index is 13.2. The molecule has 6 aliphatic rings. The van der Waals surface area contributed by atoms with Gasteiger partial charge in [-0.05, 0) is 92.4 Å². The lowest BCUT2D eigenvalue weighted by atomic mass is 9.43. The van der Waals surface area contributed by atoms with E-state index in [0.717, 1.165) is 50.5 Å². The first-order chi connectivity index (χ1) is 19.7. The summed E-state index contributed by atoms with van der Waals surface area (Å²) in [6.07, 6.45) is 2.10. The van der Waals surface area contributed by atoms with Gasteiger partial charge >= 0.3 is 5.97 Å². The number of fused-ring (bicyclic) bond motifs is 5. The average molecular weight is 614 g/mol. The lowest BCUT2D eigenvalue weighted by Gasteiger charge is -2.63. The van der Waals surface area contributed by atoms with Crippen molar-refractivity contribution in [3.8, 4) is 0 Å². The minimum Gasteiger partial charge on any atom is -0.458 e. The number of hydrogen-bond donors (Lipinski definition) is 5. The van der Waals surface area contributed by atoms with E-state index in [1.807, 2.05) is 0 Å². The van der Waals surface area contributed by atoms with Crippen molar-refractivity contribution in [3.63, 3.8) is 0 Å². The van der Waals surface area contributed by atoms with Crippen LogP contribution >= 0.6 is 0 Å². The van der Waals surface area contributed by atoms with Crippen LogP contribution in [-0.4, -0.2) is 96.6 Å². The number of carbonyl (C=O) groups is 1. The summed E-state index contributed by atoms with van der Waals surface area (Å²) in [5.74, 6) is 0.165. The van der Waals surface area contributed by atoms with Gasteiger partial charge in [0.2, 0.25) is 10.0 Å². The van der Waals surface area contributed by atoms with Gasteiger partial charge in [0.05, 0.1) is 11.4 Å². The number of rotatable bonds is 6. The van der Waals surface area contributed by atoms with E-state index < -0.39 is 52.1 Å². The average Bonchev–Trinajstić information content (AvgIpc) is 3.48. The first-order valence-electron chi connectivity index (χ1n) is 15.5. The summed E-state index contributed by atoms with van der Waals surface area (Å²) in [4.78, 5) is 11.8. The van der Waals surface area contributed by atoms with E-state index in [9.17, 15) is 33.6 Å². The van der Waals surface area contributed by atoms with Gasteiger partial charge in [0.15, 0.2) is 6.29 Å². The Morgan fingerprint density at radius 2 is 1.76 bits per heavy atom. The molecule has 2 heterocycles. The van der Waals surface area contributed by atoms with Gasteiger partial charge in [0, 0.05) is 24.6 Å². The second kappa shape index (κ2) is 10.8. The first-order valence-corrected chi connectivity index (χ1v) is 17.2. The van der Waals surface area contributed by atoms with Gasteiger partial charge in [-0.25, -0.2) is 17.9 Å². The molecule has 4 aliphatic carbocycles. The van der Waals surface area contributed by atoms with Crippen molar-refractivity contribution in [2.45, 2.75) is 114 Å². The number of nitrogens with one attached hydrogen (secondary N) is 1. The molecule has 238 valence electrons. The molecule has 0 aromatic rings. The van der Waals surface area contributed by atoms with Crippen LogP contribution in [0.1, 0.15) is 71.6 Å². The number of esters is 1. The largest absolute Gasteiger partial charge is 0.458 e. The second-order valence-corrected chi connectivity index (χ2v) is 16.2. The van der Waals surface area contributed by atoms with E-state index in [-0.39, 0.29) is 34.7 Å². The molecular formula is C30H47NO10S. The molecule has 2 aliphatic heterocycles. The summed E-state index contributed by atoms with van der Waals surface area (Å²) in [6.45, 7) is 4.89. The fraction of sp³-hybridized carbons (Fsp3) is 0.900. The molecule has 12 heteroatoms. The molecule has 0 radical (unpaired) electrons. The quantitative estimate of drug-likeness (QED) is 0.272. The third-order valence-corrected chi connectivity index (χ3v) is 14.1. The molecule has 5 N–H and O–H groups in total. The van der Waals surface area contributed by atoms with Gasteiger partial charge in [-0.15, -0.1) is 0 Å². The third-order valence-electron chi connectivity index (χ3n) is 12.6. The van der Waals surface area contributed by atoms with Crippen molar-refractivity contribution in [2.24, 2.45) is 34.5 Å². The minimum atomic E-state index is -3.88. The molecule has 4 saturated carbocycles. The molecule has 0 unspecified atom stereocenters. The van der Waals surface area contributed by atoms with Crippen molar-refractivity contribution in [3.05, 3.63) is 11.6 Å². The molecular weight excluding hydrogens is 566 g/mol. The van der Waals surface area contributed by atoms with Crippen LogP contribution in [0, 0.1) is 34.5 Å². The number of hydrogen-bond acceptors (Lipinski definition) is 10. The summed E-state index contributed by atoms with van der Waals surface area (Å²) in [5, 5.41) is 42.9. The fourth-order valence-electron chi connectivity index (χ4n) is 10.3. The second-order valence-electron chi connectivity index (χ2n) is 14.4. The van der Waals surface area contributed by atoms with Gasteiger partial charge in [0.1, 0.15) is 31.0 Å². The summed E-state index contributed by atoms with van der Waals surface area (Å²) < 4.78 is 44.9. The highest BCUT2D eigenvalue weighted by molar-refractivity contribution is 7.89. The highest BCUT2D eigenvalue weighted by Crippen LogP contribution is 2.69. The Bertz CT molecular complexity index is 1210. The SMILES string of the molecule is CO[C@@H]1O[C@H](CS(=O)(=O)N[C@H]2CC[C@@]3(C)[C@H](CC[C@@H]4[C@@H]3CC[C@]3(C)[C@@H](C5=CC(=O)OC5)CC[C@]43O)C2)[C@H](O)[C@@H](O)[C@@H]1O. The smallest absolute Gasteiger partial charge is 0.331 e. The Balaban J connectivity index is 1.12. The number of cyclic esters (lactones) is 1. The molecule has 13 atom stereocenters. The van der Waals surface area contributed by atoms with Crippen LogP contribution in [0.25, 0.3) is 0 Å². The van der Waals surface area contributed by atoms with Gasteiger partial charge in [-0.3, -0.25) is 0 Å². The standard InChI is InChI=1S/C30H47NO10S/c1-28-9-6-18(31-42(37,38)15-22-24(33)25(34)26(35)27(39-3)41-22)13-17(28)4-5-21-20(28)7-10-29(2)19(8-11-30(21,29)36)16-12-23(32)40-14-16/h12,17-22,24-27,31,33-36H,4-11,13-15H2,1-3H3/t17-,18+,19-,20+,21-,22-,24+,25-,26+,27-,28+,29-,30+/m1/s1. The summed E-state index contributed by atoms with van der Waals surface area (Å²) >= 11 is 0. The third kappa shape index (κ3) is 4.79. The number of ether oxygens (including phenoxy) is 3. The van der Waals surface area contributed by atoms with Crippen LogP contribution in [0.15, 0.2) is 11.6 Å². The molecule has 1 saturated heterocycles. The zero-order valence-corrected chi connectivity index (χ0v) is 25.6. The summed E-state index contributed by atoms with van der Waals surface area (Å²) in [5.41, 5.74) is -0.0563. The van der Waals surface area contributed by atoms with Crippen molar-refractivity contribution in [1.82, 2.24) is 4.72 Å². The lowest BCUT2D eigenvalue weighted by molar-refractivity contribution is -0.285. The van der Waals surface area contributed by atoms with E-state index in [1.165, 1.54) is 7.11 Å². The monoisotopic (exact) mass is 613 g/mol. The molecule has 0 aromatic carbocycles. The summed E-state index contributed by atoms with van der Waals surface area (Å²) in [6, 6.07) is -0.251. The normalized spacial score (nSPS) is 50.8. The molecule has 0 bridgehead atoms. The van der Waals surface area contributed by atoms with Gasteiger partial charge in [-0.2, -0.15) is 0 Å². The van der Waals surface area contributed by atoms with Gasteiger partial charge < -0.3 is 34.6 Å². The van der Waals surface area contributed by atoms with Crippen LogP contribution in [0.5, 0.6) is 0 Å². The number of methoxy groups -OCH3 is 1. The van der Waals surface area contributed by atoms with E-state index >= 15 is 0 Å². The van der Waals surface area contributed by atoms with Crippen molar-refractivity contribution in [2.75, 3.05) is 19.5 Å². The molecule has 6 rings (SSSR count). The van der Waals surface area contributed by atoms with Crippen LogP contribution in [0.3, 0.4) is 0 Å². The molecule has 5 fully saturated rings. The molecule has 0 spiro atoms. The molecule has 11 nitrogen and oxygen atoms in total. The Labute approximate surface area is 248 Å². The molecule has 0 aromatic heterocycles. The van der Waals surface area contributed by atoms with Crippen molar-refractivity contribution in [1.29, 1.82) is 0 Å². The number of aliphatic hydroxyl groups excluding tert-OH is 3. The lowest BCUT2D eigenvalue weighted by Crippen LogP contribution is -2.63. The topological polar surface area (TPSA) is 172 Å². The Hall–Kier alpha value is -1.12. The van der Waals surface area contributed by atoms with Gasteiger partial charge in [0.25, 0.3) is 0 Å². The Kier molecular flexibility index (Phi) is 7.91. The predicted octanol–water partition coefficient (Wildman–Crippen LogP) is 0.985. The molecule has 42 heavy (non-hydrogen) atoms. The van der Waals surface area contributed by atoms with E-state index in [2.05, 4.69) is 18.6 Å². The van der Waals surface area contributed by atoms with Crippen LogP contribution in [0.2, 0.25) is 0 Å². The highest BCUT2D eigenvalue weighted by atomic mass is 32.2. The maximum absolute atomic E-state index is 13.2. The first kappa shape index (κ1) is 30.9. The van der Waals surface area contributed by atoms with Crippen molar-refractivity contribution >= 4 is 16.0 Å². The highest BCUT2D eigenvalue weighted by Gasteiger charge is 2.67. The fourth-order valence-corrected chi connectivity index (χ4v) is 11.8. The van der Waals surface area contributed by atoms with E-state index in [1.54, 1.807) is 6.08 Å². The number of sulfonamides is 1. The zero-order valence-electron chi connectivity index (χ0n) is 24.8. The summed E-state index contributed by atoms with van der Waals surface area (Å²) in [7, 11) is -2.60. The number of carbonyl (C=O) groups excluding carboxylic acids is 1. The van der Waals surface area contributed by atoms with Crippen LogP contribution < -0.4 is 4.72 Å². The Morgan fingerprint density at radius 1 is 1.00 bits per heavy atom. The van der Waals surface area contributed by atoms with E-state index in [4.69, 9.17) is 14.2 Å². The van der Waals surface area contributed by atoms with Crippen LogP contribution in [-0.2, 0) is 29.0 Å². The maximum Gasteiger partial charge on any atom is 0.331 e. The predicted molar refractivity (Wildman–Crippen MR) is 150 cm³/mol. The van der Waals surface area contributed by atoms with E-state index in [0.29, 0.717) is 31.3 Å². The minimum absolute atomic E-state index is 0.000315. The zero-order chi connectivity index (χ0) is 30.2. The number of aliphatic hydroxyl groups is 4. The Morgan fingerprint density at radius 3 is 2.45 bits per heavy atom. The molecule has 0 amide bonds. The van der Waals surface area contributed by atoms with Crippen LogP contribution in [0.4, 0.5) is 0 Å². The van der Waals surface area contributed by atoms with Gasteiger partial charge in [-0.1, -0.05) is 13.8 Å².